The van der Waals surface area contributed by atoms with Crippen molar-refractivity contribution < 1.29 is 0 Å². The topological polar surface area (TPSA) is 0 Å². The van der Waals surface area contributed by atoms with Crippen LogP contribution in [-0.2, 0) is 0 Å². The molecule has 0 bridgehead atoms. The van der Waals surface area contributed by atoms with E-state index in [4.69, 9.17) is 0 Å². The molecule has 3 aliphatic rings. The molecule has 0 radical (unpaired) electrons. The Balaban J connectivity index is 1.26. The molecule has 0 saturated heterocycles. The molecule has 0 amide bonds. The zero-order chi connectivity index (χ0) is 19.6. The van der Waals surface area contributed by atoms with Crippen molar-refractivity contribution in [3.63, 3.8) is 0 Å². The number of allylic oxidation sites excluding steroid dienone is 4. The molecule has 0 nitrogen and oxygen atoms in total. The molecule has 0 heterocycles. The molecule has 28 heavy (non-hydrogen) atoms. The minimum absolute atomic E-state index is 0.883. The largest absolute Gasteiger partial charge is 0.0914 e. The van der Waals surface area contributed by atoms with Gasteiger partial charge in [0, 0.05) is 0 Å². The minimum Gasteiger partial charge on any atom is -0.0914 e. The first-order valence-electron chi connectivity index (χ1n) is 13.1. The Morgan fingerprint density at radius 3 is 1.71 bits per heavy atom. The van der Waals surface area contributed by atoms with Crippen molar-refractivity contribution >= 4 is 0 Å². The van der Waals surface area contributed by atoms with Gasteiger partial charge in [0.05, 0.1) is 0 Å². The van der Waals surface area contributed by atoms with E-state index in [0.29, 0.717) is 0 Å². The minimum atomic E-state index is 0.883. The van der Waals surface area contributed by atoms with E-state index in [9.17, 15) is 0 Å². The Morgan fingerprint density at radius 1 is 0.607 bits per heavy atom. The van der Waals surface area contributed by atoms with Gasteiger partial charge in [0.2, 0.25) is 0 Å². The molecule has 0 heteroatoms. The summed E-state index contributed by atoms with van der Waals surface area (Å²) in [5.74, 6) is 6.01. The van der Waals surface area contributed by atoms with Crippen LogP contribution in [0, 0.1) is 35.5 Å². The van der Waals surface area contributed by atoms with Gasteiger partial charge in [-0.15, -0.1) is 0 Å². The van der Waals surface area contributed by atoms with E-state index in [-0.39, 0.29) is 0 Å². The summed E-state index contributed by atoms with van der Waals surface area (Å²) < 4.78 is 0. The Labute approximate surface area is 176 Å². The van der Waals surface area contributed by atoms with Crippen LogP contribution in [0.1, 0.15) is 117 Å². The summed E-state index contributed by atoms with van der Waals surface area (Å²) >= 11 is 0. The fourth-order valence-electron chi connectivity index (χ4n) is 6.73. The van der Waals surface area contributed by atoms with Crippen molar-refractivity contribution in [2.45, 2.75) is 117 Å². The van der Waals surface area contributed by atoms with Crippen molar-refractivity contribution in [3.05, 3.63) is 24.3 Å². The van der Waals surface area contributed by atoms with Gasteiger partial charge >= 0.3 is 0 Å². The predicted molar refractivity (Wildman–Crippen MR) is 124 cm³/mol. The summed E-state index contributed by atoms with van der Waals surface area (Å²) in [5, 5.41) is 0. The lowest BCUT2D eigenvalue weighted by atomic mass is 9.68. The second kappa shape index (κ2) is 12.2. The quantitative estimate of drug-likeness (QED) is 0.366. The van der Waals surface area contributed by atoms with E-state index in [0.717, 1.165) is 35.5 Å². The molecule has 0 aromatic carbocycles. The smallest absolute Gasteiger partial charge is 0.0233 e. The van der Waals surface area contributed by atoms with Gasteiger partial charge in [0.25, 0.3) is 0 Å². The number of hydrogen-bond donors (Lipinski definition) is 0. The first kappa shape index (κ1) is 22.2. The Hall–Kier alpha value is -0.520. The van der Waals surface area contributed by atoms with Crippen molar-refractivity contribution in [3.8, 4) is 0 Å². The number of rotatable bonds is 8. The zero-order valence-corrected chi connectivity index (χ0v) is 19.1. The average Bonchev–Trinajstić information content (AvgIpc) is 2.74. The van der Waals surface area contributed by atoms with E-state index in [1.165, 1.54) is 89.9 Å². The lowest BCUT2D eigenvalue weighted by Gasteiger charge is -2.37. The molecule has 0 N–H and O–H groups in total. The highest BCUT2D eigenvalue weighted by atomic mass is 14.4. The van der Waals surface area contributed by atoms with Crippen LogP contribution < -0.4 is 0 Å². The molecular weight excluding hydrogens is 336 g/mol. The molecule has 0 spiro atoms. The van der Waals surface area contributed by atoms with Crippen LogP contribution in [0.3, 0.4) is 0 Å². The Kier molecular flexibility index (Phi) is 9.69. The van der Waals surface area contributed by atoms with Crippen molar-refractivity contribution in [2.24, 2.45) is 35.5 Å². The van der Waals surface area contributed by atoms with Crippen LogP contribution in [0.25, 0.3) is 0 Å². The maximum Gasteiger partial charge on any atom is -0.0233 e. The first-order valence-corrected chi connectivity index (χ1v) is 13.1. The molecule has 3 fully saturated rings. The highest BCUT2D eigenvalue weighted by Gasteiger charge is 2.30. The van der Waals surface area contributed by atoms with Crippen LogP contribution in [-0.4, -0.2) is 0 Å². The Bertz CT molecular complexity index is 448. The molecule has 0 aromatic heterocycles. The van der Waals surface area contributed by atoms with E-state index < -0.39 is 0 Å². The number of hydrogen-bond acceptors (Lipinski definition) is 0. The standard InChI is InChI=1S/C28H48/c1-3-7-23-11-13-25(14-12-23)9-5-6-10-26-17-21-28(22-18-26)27-19-15-24(8-4-2)16-20-27/h3,6-7,10,23-28H,4-5,8-9,11-22H2,1-2H3/t23-,24-,25-,26-,27-,28-. The van der Waals surface area contributed by atoms with Gasteiger partial charge in [-0.2, -0.15) is 0 Å². The van der Waals surface area contributed by atoms with E-state index >= 15 is 0 Å². The van der Waals surface area contributed by atoms with Gasteiger partial charge < -0.3 is 0 Å². The van der Waals surface area contributed by atoms with Crippen LogP contribution in [0.5, 0.6) is 0 Å². The lowest BCUT2D eigenvalue weighted by Crippen LogP contribution is -2.25. The van der Waals surface area contributed by atoms with Crippen LogP contribution in [0.15, 0.2) is 24.3 Å². The van der Waals surface area contributed by atoms with Gasteiger partial charge in [0.15, 0.2) is 0 Å². The molecular formula is C28H48. The molecule has 0 aliphatic heterocycles. The second-order valence-electron chi connectivity index (χ2n) is 10.6. The van der Waals surface area contributed by atoms with Gasteiger partial charge in [-0.05, 0) is 119 Å². The SMILES string of the molecule is CC=C[C@H]1CC[C@H](CCC=C[C@H]2CC[C@H]([C@H]3CC[C@H](CCC)CC3)CC2)CC1. The molecule has 0 aromatic rings. The third-order valence-corrected chi connectivity index (χ3v) is 8.58. The molecule has 3 saturated carbocycles. The van der Waals surface area contributed by atoms with Gasteiger partial charge in [-0.25, -0.2) is 0 Å². The summed E-state index contributed by atoms with van der Waals surface area (Å²) in [6, 6.07) is 0. The van der Waals surface area contributed by atoms with E-state index in [1.807, 2.05) is 0 Å². The van der Waals surface area contributed by atoms with Crippen LogP contribution >= 0.6 is 0 Å². The Morgan fingerprint density at radius 2 is 1.11 bits per heavy atom. The fourth-order valence-corrected chi connectivity index (χ4v) is 6.73. The molecule has 3 aliphatic carbocycles. The monoisotopic (exact) mass is 384 g/mol. The molecule has 0 atom stereocenters. The second-order valence-corrected chi connectivity index (χ2v) is 10.6. The lowest BCUT2D eigenvalue weighted by molar-refractivity contribution is 0.152. The highest BCUT2D eigenvalue weighted by molar-refractivity contribution is 4.94. The van der Waals surface area contributed by atoms with Gasteiger partial charge in [-0.3, -0.25) is 0 Å². The van der Waals surface area contributed by atoms with Gasteiger partial charge in [0.1, 0.15) is 0 Å². The van der Waals surface area contributed by atoms with Crippen molar-refractivity contribution in [1.29, 1.82) is 0 Å². The van der Waals surface area contributed by atoms with Crippen LogP contribution in [0.2, 0.25) is 0 Å². The first-order chi connectivity index (χ1) is 13.8. The van der Waals surface area contributed by atoms with Crippen LogP contribution in [0.4, 0.5) is 0 Å². The summed E-state index contributed by atoms with van der Waals surface area (Å²) in [6.45, 7) is 4.53. The molecule has 160 valence electrons. The van der Waals surface area contributed by atoms with Gasteiger partial charge in [-0.1, -0.05) is 56.9 Å². The van der Waals surface area contributed by atoms with Crippen molar-refractivity contribution in [1.82, 2.24) is 0 Å². The highest BCUT2D eigenvalue weighted by Crippen LogP contribution is 2.42. The zero-order valence-electron chi connectivity index (χ0n) is 19.1. The van der Waals surface area contributed by atoms with Crippen molar-refractivity contribution in [2.75, 3.05) is 0 Å². The third kappa shape index (κ3) is 7.07. The van der Waals surface area contributed by atoms with E-state index in [1.54, 1.807) is 12.8 Å². The summed E-state index contributed by atoms with van der Waals surface area (Å²) in [6.07, 6.45) is 33.5. The predicted octanol–water partition coefficient (Wildman–Crippen LogP) is 9.12. The third-order valence-electron chi connectivity index (χ3n) is 8.58. The fraction of sp³-hybridized carbons (Fsp3) is 0.857. The van der Waals surface area contributed by atoms with E-state index in [2.05, 4.69) is 38.2 Å². The maximum atomic E-state index is 2.61. The summed E-state index contributed by atoms with van der Waals surface area (Å²) in [5.41, 5.74) is 0. The summed E-state index contributed by atoms with van der Waals surface area (Å²) in [7, 11) is 0. The molecule has 3 rings (SSSR count). The maximum absolute atomic E-state index is 2.61. The molecule has 0 unspecified atom stereocenters. The summed E-state index contributed by atoms with van der Waals surface area (Å²) in [4.78, 5) is 0. The average molecular weight is 385 g/mol. The normalized spacial score (nSPS) is 37.6.